The first kappa shape index (κ1) is 10.0. The average molecular weight is 169 g/mol. The van der Waals surface area contributed by atoms with Crippen molar-refractivity contribution < 1.29 is 0 Å². The molecular weight excluding hydrogens is 146 g/mol. The minimum absolute atomic E-state index is 0.775. The van der Waals surface area contributed by atoms with Crippen molar-refractivity contribution >= 4 is 0 Å². The molecule has 0 saturated heterocycles. The Balaban J connectivity index is 2.21. The van der Waals surface area contributed by atoms with Crippen LogP contribution in [-0.4, -0.2) is 13.1 Å². The van der Waals surface area contributed by atoms with Gasteiger partial charge in [0.15, 0.2) is 0 Å². The van der Waals surface area contributed by atoms with Crippen molar-refractivity contribution in [3.05, 3.63) is 0 Å². The molecule has 0 amide bonds. The van der Waals surface area contributed by atoms with Crippen LogP contribution in [-0.2, 0) is 0 Å². The fraction of sp³-hybridized carbons (Fsp3) is 1.00. The minimum atomic E-state index is 0.775. The van der Waals surface area contributed by atoms with E-state index in [1.165, 1.54) is 32.1 Å². The molecule has 0 aromatic rings. The fourth-order valence-corrected chi connectivity index (χ4v) is 2.00. The summed E-state index contributed by atoms with van der Waals surface area (Å²) in [6, 6.07) is 0.775. The van der Waals surface area contributed by atoms with Crippen molar-refractivity contribution in [2.24, 2.45) is 11.8 Å². The van der Waals surface area contributed by atoms with Gasteiger partial charge in [-0.1, -0.05) is 33.1 Å². The largest absolute Gasteiger partial charge is 0.317 e. The molecule has 0 bridgehead atoms. The standard InChI is InChI=1S/C11H23N/c1-4-5-9(2)11(12-3)8-10-6-7-10/h9-12H,4-8H2,1-3H3. The molecule has 1 N–H and O–H groups in total. The smallest absolute Gasteiger partial charge is 0.00923 e. The molecule has 1 fully saturated rings. The quantitative estimate of drug-likeness (QED) is 0.644. The van der Waals surface area contributed by atoms with Crippen molar-refractivity contribution in [2.45, 2.75) is 52.0 Å². The first-order chi connectivity index (χ1) is 5.77. The van der Waals surface area contributed by atoms with E-state index >= 15 is 0 Å². The van der Waals surface area contributed by atoms with Gasteiger partial charge < -0.3 is 5.32 Å². The number of nitrogens with one attached hydrogen (secondary N) is 1. The summed E-state index contributed by atoms with van der Waals surface area (Å²) < 4.78 is 0. The van der Waals surface area contributed by atoms with E-state index in [1.807, 2.05) is 0 Å². The van der Waals surface area contributed by atoms with E-state index < -0.39 is 0 Å². The third-order valence-corrected chi connectivity index (χ3v) is 3.09. The van der Waals surface area contributed by atoms with Gasteiger partial charge in [-0.3, -0.25) is 0 Å². The fourth-order valence-electron chi connectivity index (χ4n) is 2.00. The van der Waals surface area contributed by atoms with Gasteiger partial charge in [0.1, 0.15) is 0 Å². The number of hydrogen-bond donors (Lipinski definition) is 1. The SMILES string of the molecule is CCCC(C)C(CC1CC1)NC. The van der Waals surface area contributed by atoms with E-state index in [1.54, 1.807) is 0 Å². The molecule has 1 nitrogen and oxygen atoms in total. The van der Waals surface area contributed by atoms with E-state index in [0.29, 0.717) is 0 Å². The molecule has 1 aliphatic rings. The molecule has 1 aliphatic carbocycles. The van der Waals surface area contributed by atoms with E-state index in [4.69, 9.17) is 0 Å². The van der Waals surface area contributed by atoms with Crippen LogP contribution in [0, 0.1) is 11.8 Å². The lowest BCUT2D eigenvalue weighted by Crippen LogP contribution is -2.32. The molecule has 12 heavy (non-hydrogen) atoms. The minimum Gasteiger partial charge on any atom is -0.317 e. The maximum Gasteiger partial charge on any atom is 0.00923 e. The predicted molar refractivity (Wildman–Crippen MR) is 54.3 cm³/mol. The van der Waals surface area contributed by atoms with Gasteiger partial charge in [-0.15, -0.1) is 0 Å². The highest BCUT2D eigenvalue weighted by Crippen LogP contribution is 2.35. The molecule has 2 unspecified atom stereocenters. The zero-order valence-corrected chi connectivity index (χ0v) is 8.77. The molecule has 0 aliphatic heterocycles. The molecule has 1 heteroatoms. The first-order valence-electron chi connectivity index (χ1n) is 5.45. The Morgan fingerprint density at radius 2 is 2.08 bits per heavy atom. The zero-order valence-electron chi connectivity index (χ0n) is 8.77. The van der Waals surface area contributed by atoms with E-state index in [-0.39, 0.29) is 0 Å². The maximum absolute atomic E-state index is 3.46. The lowest BCUT2D eigenvalue weighted by atomic mass is 9.93. The molecule has 2 atom stereocenters. The van der Waals surface area contributed by atoms with Crippen LogP contribution in [0.15, 0.2) is 0 Å². The molecule has 72 valence electrons. The zero-order chi connectivity index (χ0) is 8.97. The summed E-state index contributed by atoms with van der Waals surface area (Å²) in [7, 11) is 2.11. The summed E-state index contributed by atoms with van der Waals surface area (Å²) in [6.45, 7) is 4.66. The van der Waals surface area contributed by atoms with Crippen LogP contribution in [0.2, 0.25) is 0 Å². The van der Waals surface area contributed by atoms with Crippen molar-refractivity contribution in [1.82, 2.24) is 5.32 Å². The summed E-state index contributed by atoms with van der Waals surface area (Å²) in [5.74, 6) is 1.92. The number of hydrogen-bond acceptors (Lipinski definition) is 1. The van der Waals surface area contributed by atoms with Gasteiger partial charge in [-0.2, -0.15) is 0 Å². The summed E-state index contributed by atoms with van der Waals surface area (Å²) in [6.07, 6.45) is 7.08. The molecule has 0 aromatic heterocycles. The Labute approximate surface area is 76.9 Å². The number of rotatable bonds is 6. The molecule has 0 heterocycles. The predicted octanol–water partition coefficient (Wildman–Crippen LogP) is 2.81. The molecule has 0 spiro atoms. The Bertz CT molecular complexity index is 118. The van der Waals surface area contributed by atoms with Gasteiger partial charge in [-0.05, 0) is 31.7 Å². The van der Waals surface area contributed by atoms with Crippen LogP contribution in [0.3, 0.4) is 0 Å². The Hall–Kier alpha value is -0.0400. The van der Waals surface area contributed by atoms with Crippen LogP contribution >= 0.6 is 0 Å². The van der Waals surface area contributed by atoms with Gasteiger partial charge in [0.25, 0.3) is 0 Å². The lowest BCUT2D eigenvalue weighted by Gasteiger charge is -2.22. The maximum atomic E-state index is 3.46. The van der Waals surface area contributed by atoms with Crippen LogP contribution in [0.25, 0.3) is 0 Å². The van der Waals surface area contributed by atoms with Crippen molar-refractivity contribution in [2.75, 3.05) is 7.05 Å². The lowest BCUT2D eigenvalue weighted by molar-refractivity contribution is 0.342. The van der Waals surface area contributed by atoms with Gasteiger partial charge in [0, 0.05) is 6.04 Å². The monoisotopic (exact) mass is 169 g/mol. The third kappa shape index (κ3) is 3.14. The average Bonchev–Trinajstić information content (AvgIpc) is 2.84. The summed E-state index contributed by atoms with van der Waals surface area (Å²) >= 11 is 0. The second-order valence-electron chi connectivity index (χ2n) is 4.34. The molecule has 0 radical (unpaired) electrons. The normalized spacial score (nSPS) is 22.2. The van der Waals surface area contributed by atoms with Gasteiger partial charge in [-0.25, -0.2) is 0 Å². The first-order valence-corrected chi connectivity index (χ1v) is 5.45. The summed E-state index contributed by atoms with van der Waals surface area (Å²) in [5.41, 5.74) is 0. The molecule has 0 aromatic carbocycles. The van der Waals surface area contributed by atoms with Crippen LogP contribution in [0.4, 0.5) is 0 Å². The third-order valence-electron chi connectivity index (χ3n) is 3.09. The van der Waals surface area contributed by atoms with E-state index in [9.17, 15) is 0 Å². The molecular formula is C11H23N. The van der Waals surface area contributed by atoms with Gasteiger partial charge in [0.2, 0.25) is 0 Å². The van der Waals surface area contributed by atoms with E-state index in [0.717, 1.165) is 17.9 Å². The van der Waals surface area contributed by atoms with Crippen molar-refractivity contribution in [3.8, 4) is 0 Å². The summed E-state index contributed by atoms with van der Waals surface area (Å²) in [4.78, 5) is 0. The Morgan fingerprint density at radius 3 is 2.50 bits per heavy atom. The molecule has 1 saturated carbocycles. The van der Waals surface area contributed by atoms with Crippen LogP contribution in [0.5, 0.6) is 0 Å². The Kier molecular flexibility index (Phi) is 4.07. The van der Waals surface area contributed by atoms with Crippen LogP contribution < -0.4 is 5.32 Å². The van der Waals surface area contributed by atoms with Crippen molar-refractivity contribution in [1.29, 1.82) is 0 Å². The Morgan fingerprint density at radius 1 is 1.42 bits per heavy atom. The highest BCUT2D eigenvalue weighted by Gasteiger charge is 2.26. The summed E-state index contributed by atoms with van der Waals surface area (Å²) in [5, 5.41) is 3.46. The van der Waals surface area contributed by atoms with E-state index in [2.05, 4.69) is 26.2 Å². The highest BCUT2D eigenvalue weighted by atomic mass is 14.9. The topological polar surface area (TPSA) is 12.0 Å². The second kappa shape index (κ2) is 4.86. The van der Waals surface area contributed by atoms with Gasteiger partial charge >= 0.3 is 0 Å². The van der Waals surface area contributed by atoms with Crippen LogP contribution in [0.1, 0.15) is 46.0 Å². The van der Waals surface area contributed by atoms with Gasteiger partial charge in [0.05, 0.1) is 0 Å². The highest BCUT2D eigenvalue weighted by molar-refractivity contribution is 4.82. The second-order valence-corrected chi connectivity index (χ2v) is 4.34. The van der Waals surface area contributed by atoms with Crippen molar-refractivity contribution in [3.63, 3.8) is 0 Å². The molecule has 1 rings (SSSR count).